The van der Waals surface area contributed by atoms with Gasteiger partial charge in [-0.15, -0.1) is 0 Å². The van der Waals surface area contributed by atoms with Gasteiger partial charge in [-0.1, -0.05) is 0 Å². The van der Waals surface area contributed by atoms with Crippen molar-refractivity contribution in [2.75, 3.05) is 17.9 Å². The first-order valence-electron chi connectivity index (χ1n) is 6.16. The van der Waals surface area contributed by atoms with E-state index in [0.29, 0.717) is 5.56 Å². The van der Waals surface area contributed by atoms with Gasteiger partial charge in [0.15, 0.2) is 0 Å². The third kappa shape index (κ3) is 3.07. The lowest BCUT2D eigenvalue weighted by atomic mass is 10.1. The van der Waals surface area contributed by atoms with Crippen LogP contribution in [0.1, 0.15) is 15.9 Å². The van der Waals surface area contributed by atoms with Gasteiger partial charge in [-0.2, -0.15) is 0 Å². The van der Waals surface area contributed by atoms with E-state index in [4.69, 9.17) is 10.6 Å². The van der Waals surface area contributed by atoms with Crippen molar-refractivity contribution in [3.05, 3.63) is 53.6 Å². The second kappa shape index (κ2) is 6.08. The second-order valence-electron chi connectivity index (χ2n) is 4.36. The van der Waals surface area contributed by atoms with Crippen LogP contribution in [0.3, 0.4) is 0 Å². The summed E-state index contributed by atoms with van der Waals surface area (Å²) in [5, 5.41) is 2.87. The molecular weight excluding hydrogens is 254 g/mol. The summed E-state index contributed by atoms with van der Waals surface area (Å²) in [5.41, 5.74) is 5.54. The number of hydrogen-bond acceptors (Lipinski definition) is 4. The molecule has 2 aromatic rings. The summed E-state index contributed by atoms with van der Waals surface area (Å²) in [7, 11) is 1.61. The van der Waals surface area contributed by atoms with Gasteiger partial charge in [0.25, 0.3) is 5.91 Å². The van der Waals surface area contributed by atoms with Crippen LogP contribution >= 0.6 is 0 Å². The van der Waals surface area contributed by atoms with Crippen molar-refractivity contribution in [3.63, 3.8) is 0 Å². The first-order valence-corrected chi connectivity index (χ1v) is 6.16. The Labute approximate surface area is 117 Å². The van der Waals surface area contributed by atoms with E-state index in [1.54, 1.807) is 31.4 Å². The maximum Gasteiger partial charge on any atom is 0.255 e. The molecule has 0 aliphatic rings. The third-order valence-corrected chi connectivity index (χ3v) is 3.00. The van der Waals surface area contributed by atoms with Crippen molar-refractivity contribution < 1.29 is 9.53 Å². The summed E-state index contributed by atoms with van der Waals surface area (Å²) in [6.45, 7) is 1.92. The number of methoxy groups -OCH3 is 1. The monoisotopic (exact) mass is 271 g/mol. The summed E-state index contributed by atoms with van der Waals surface area (Å²) in [6, 6.07) is 12.4. The molecule has 0 saturated carbocycles. The molecule has 0 spiro atoms. The number of amides is 1. The van der Waals surface area contributed by atoms with Crippen molar-refractivity contribution in [3.8, 4) is 5.75 Å². The highest BCUT2D eigenvalue weighted by Gasteiger charge is 2.08. The molecule has 0 unspecified atom stereocenters. The second-order valence-corrected chi connectivity index (χ2v) is 4.36. The molecule has 0 atom stereocenters. The number of carbonyl (C=O) groups is 1. The molecule has 20 heavy (non-hydrogen) atoms. The highest BCUT2D eigenvalue weighted by Crippen LogP contribution is 2.21. The molecule has 4 N–H and O–H groups in total. The first kappa shape index (κ1) is 13.9. The predicted molar refractivity (Wildman–Crippen MR) is 79.9 cm³/mol. The van der Waals surface area contributed by atoms with E-state index in [2.05, 4.69) is 10.7 Å². The third-order valence-electron chi connectivity index (χ3n) is 3.00. The van der Waals surface area contributed by atoms with E-state index in [1.165, 1.54) is 0 Å². The molecule has 2 aromatic carbocycles. The zero-order chi connectivity index (χ0) is 14.5. The maximum atomic E-state index is 12.1. The van der Waals surface area contributed by atoms with Crippen molar-refractivity contribution >= 4 is 17.3 Å². The van der Waals surface area contributed by atoms with Crippen LogP contribution in [0.25, 0.3) is 0 Å². The number of ether oxygens (including phenoxy) is 1. The Balaban J connectivity index is 2.14. The number of rotatable bonds is 4. The van der Waals surface area contributed by atoms with Crippen LogP contribution in [0.4, 0.5) is 11.4 Å². The Bertz CT molecular complexity index is 609. The molecule has 2 rings (SSSR count). The average molecular weight is 271 g/mol. The van der Waals surface area contributed by atoms with Crippen LogP contribution in [0, 0.1) is 6.92 Å². The summed E-state index contributed by atoms with van der Waals surface area (Å²) >= 11 is 0. The largest absolute Gasteiger partial charge is 0.497 e. The van der Waals surface area contributed by atoms with E-state index in [0.717, 1.165) is 22.7 Å². The van der Waals surface area contributed by atoms with E-state index in [9.17, 15) is 4.79 Å². The van der Waals surface area contributed by atoms with Crippen LogP contribution < -0.4 is 21.3 Å². The predicted octanol–water partition coefficient (Wildman–Crippen LogP) is 2.54. The molecule has 1 amide bonds. The number of nitrogens with one attached hydrogen (secondary N) is 2. The quantitative estimate of drug-likeness (QED) is 0.590. The normalized spacial score (nSPS) is 9.95. The minimum atomic E-state index is -0.165. The van der Waals surface area contributed by atoms with E-state index in [1.807, 2.05) is 25.1 Å². The topological polar surface area (TPSA) is 76.4 Å². The van der Waals surface area contributed by atoms with Crippen molar-refractivity contribution in [2.45, 2.75) is 6.92 Å². The number of benzene rings is 2. The molecule has 0 aromatic heterocycles. The van der Waals surface area contributed by atoms with Crippen molar-refractivity contribution in [1.29, 1.82) is 0 Å². The highest BCUT2D eigenvalue weighted by molar-refractivity contribution is 6.04. The number of nitrogens with two attached hydrogens (primary N) is 1. The van der Waals surface area contributed by atoms with Gasteiger partial charge in [-0.25, -0.2) is 0 Å². The minimum Gasteiger partial charge on any atom is -0.497 e. The molecule has 0 saturated heterocycles. The fourth-order valence-electron chi connectivity index (χ4n) is 1.82. The lowest BCUT2D eigenvalue weighted by Crippen LogP contribution is -2.13. The Morgan fingerprint density at radius 2 is 1.85 bits per heavy atom. The number of aryl methyl sites for hydroxylation is 1. The smallest absolute Gasteiger partial charge is 0.255 e. The van der Waals surface area contributed by atoms with Crippen LogP contribution in [0.2, 0.25) is 0 Å². The molecular formula is C15H17N3O2. The van der Waals surface area contributed by atoms with Gasteiger partial charge in [0.2, 0.25) is 0 Å². The van der Waals surface area contributed by atoms with Crippen molar-refractivity contribution in [2.24, 2.45) is 5.84 Å². The molecule has 0 fully saturated rings. The van der Waals surface area contributed by atoms with Crippen molar-refractivity contribution in [1.82, 2.24) is 0 Å². The van der Waals surface area contributed by atoms with Crippen LogP contribution in [0.15, 0.2) is 42.5 Å². The first-order chi connectivity index (χ1) is 9.63. The van der Waals surface area contributed by atoms with E-state index < -0.39 is 0 Å². The van der Waals surface area contributed by atoms with Gasteiger partial charge in [0.05, 0.1) is 7.11 Å². The van der Waals surface area contributed by atoms with Gasteiger partial charge < -0.3 is 15.5 Å². The Kier molecular flexibility index (Phi) is 4.22. The molecule has 0 bridgehead atoms. The molecule has 0 aliphatic heterocycles. The lowest BCUT2D eigenvalue weighted by molar-refractivity contribution is 0.102. The molecule has 5 nitrogen and oxygen atoms in total. The minimum absolute atomic E-state index is 0.165. The van der Waals surface area contributed by atoms with Gasteiger partial charge >= 0.3 is 0 Å². The van der Waals surface area contributed by atoms with Crippen LogP contribution in [-0.4, -0.2) is 13.0 Å². The standard InChI is InChI=1S/C15H17N3O2/c1-10-9-13(20-2)7-8-14(10)17-15(19)11-3-5-12(18-16)6-4-11/h3-9,18H,16H2,1-2H3,(H,17,19). The van der Waals surface area contributed by atoms with Gasteiger partial charge in [-0.3, -0.25) is 10.6 Å². The number of carbonyl (C=O) groups excluding carboxylic acids is 1. The SMILES string of the molecule is COc1ccc(NC(=O)c2ccc(NN)cc2)c(C)c1. The number of hydrogen-bond donors (Lipinski definition) is 3. The molecule has 0 heterocycles. The molecule has 0 radical (unpaired) electrons. The Morgan fingerprint density at radius 3 is 2.40 bits per heavy atom. The zero-order valence-electron chi connectivity index (χ0n) is 11.4. The Hall–Kier alpha value is -2.53. The number of anilines is 2. The van der Waals surface area contributed by atoms with Gasteiger partial charge in [0.1, 0.15) is 5.75 Å². The van der Waals surface area contributed by atoms with Gasteiger partial charge in [0, 0.05) is 16.9 Å². The lowest BCUT2D eigenvalue weighted by Gasteiger charge is -2.10. The molecule has 5 heteroatoms. The molecule has 0 aliphatic carbocycles. The van der Waals surface area contributed by atoms with Crippen LogP contribution in [-0.2, 0) is 0 Å². The summed E-state index contributed by atoms with van der Waals surface area (Å²) < 4.78 is 5.13. The van der Waals surface area contributed by atoms with Crippen LogP contribution in [0.5, 0.6) is 5.75 Å². The zero-order valence-corrected chi connectivity index (χ0v) is 11.4. The fraction of sp³-hybridized carbons (Fsp3) is 0.133. The number of nitrogen functional groups attached to an aromatic ring is 1. The van der Waals surface area contributed by atoms with E-state index >= 15 is 0 Å². The summed E-state index contributed by atoms with van der Waals surface area (Å²) in [4.78, 5) is 12.1. The Morgan fingerprint density at radius 1 is 1.15 bits per heavy atom. The molecule has 104 valence electrons. The summed E-state index contributed by atoms with van der Waals surface area (Å²) in [6.07, 6.45) is 0. The van der Waals surface area contributed by atoms with Gasteiger partial charge in [-0.05, 0) is 55.0 Å². The fourth-order valence-corrected chi connectivity index (χ4v) is 1.82. The highest BCUT2D eigenvalue weighted by atomic mass is 16.5. The number of hydrazine groups is 1. The maximum absolute atomic E-state index is 12.1. The average Bonchev–Trinajstić information content (AvgIpc) is 2.49. The summed E-state index contributed by atoms with van der Waals surface area (Å²) in [5.74, 6) is 5.88. The van der Waals surface area contributed by atoms with E-state index in [-0.39, 0.29) is 5.91 Å².